The predicted octanol–water partition coefficient (Wildman–Crippen LogP) is 3.41. The Morgan fingerprint density at radius 3 is 2.03 bits per heavy atom. The first-order valence-corrected chi connectivity index (χ1v) is 18.5. The quantitative estimate of drug-likeness (QED) is 0.0336. The van der Waals surface area contributed by atoms with Crippen molar-refractivity contribution in [2.24, 2.45) is 5.92 Å². The number of phenols is 2. The zero-order valence-electron chi connectivity index (χ0n) is 32.8. The van der Waals surface area contributed by atoms with Gasteiger partial charge in [-0.1, -0.05) is 24.3 Å². The molecule has 8 N–H and O–H groups in total. The molecule has 316 valence electrons. The summed E-state index contributed by atoms with van der Waals surface area (Å²) >= 11 is 0. The van der Waals surface area contributed by atoms with Crippen LogP contribution in [0.4, 0.5) is 11.6 Å². The van der Waals surface area contributed by atoms with Crippen LogP contribution in [0.3, 0.4) is 0 Å². The maximum absolute atomic E-state index is 13.3. The van der Waals surface area contributed by atoms with Crippen LogP contribution in [-0.2, 0) is 30.5 Å². The van der Waals surface area contributed by atoms with E-state index in [1.54, 1.807) is 12.1 Å². The van der Waals surface area contributed by atoms with Crippen LogP contribution in [0.1, 0.15) is 46.4 Å². The number of fused-ring (bicyclic) bond motifs is 1. The van der Waals surface area contributed by atoms with Crippen LogP contribution in [0.15, 0.2) is 83.8 Å². The van der Waals surface area contributed by atoms with E-state index in [1.807, 2.05) is 0 Å². The van der Waals surface area contributed by atoms with Crippen LogP contribution in [0.5, 0.6) is 23.0 Å². The molecule has 0 bridgehead atoms. The molecule has 1 atom stereocenters. The van der Waals surface area contributed by atoms with Gasteiger partial charge < -0.3 is 45.9 Å². The van der Waals surface area contributed by atoms with Crippen LogP contribution in [0.25, 0.3) is 23.3 Å². The third kappa shape index (κ3) is 12.2. The number of aliphatic carboxylic acids is 1. The number of hydrogen-bond acceptors (Lipinski definition) is 16. The zero-order valence-corrected chi connectivity index (χ0v) is 32.8. The maximum atomic E-state index is 13.3. The summed E-state index contributed by atoms with van der Waals surface area (Å²) in [6.45, 7) is -0.198. The van der Waals surface area contributed by atoms with Gasteiger partial charge >= 0.3 is 11.9 Å². The number of anilines is 2. The number of nitrogens with one attached hydrogen (secondary N) is 3. The second-order valence-corrected chi connectivity index (χ2v) is 13.2. The van der Waals surface area contributed by atoms with Gasteiger partial charge in [0.25, 0.3) is 11.5 Å². The van der Waals surface area contributed by atoms with E-state index in [0.29, 0.717) is 22.5 Å². The molecule has 1 unspecified atom stereocenters. The van der Waals surface area contributed by atoms with E-state index in [0.717, 1.165) is 0 Å². The number of carboxylic acids is 1. The molecule has 0 aliphatic heterocycles. The Labute approximate surface area is 346 Å². The molecule has 0 aliphatic carbocycles. The van der Waals surface area contributed by atoms with Gasteiger partial charge in [-0.05, 0) is 84.7 Å². The van der Waals surface area contributed by atoms with E-state index in [1.165, 1.54) is 93.3 Å². The number of nitrogen functional groups attached to an aromatic ring is 1. The zero-order chi connectivity index (χ0) is 44.1. The Kier molecular flexibility index (Phi) is 14.8. The van der Waals surface area contributed by atoms with Gasteiger partial charge in [0.15, 0.2) is 45.7 Å². The summed E-state index contributed by atoms with van der Waals surface area (Å²) in [6.07, 6.45) is 5.70. The van der Waals surface area contributed by atoms with Crippen LogP contribution in [-0.4, -0.2) is 91.5 Å². The normalized spacial score (nSPS) is 11.7. The topological polar surface area (TPSA) is 295 Å². The largest absolute Gasteiger partial charge is 0.504 e. The Morgan fingerprint density at radius 1 is 0.852 bits per heavy atom. The number of carboxylic acid groups (broad SMARTS) is 1. The Balaban J connectivity index is 1.15. The SMILES string of the molecule is COc1cc(/C=C/C(=O)C(CCOC(=O)CCC(NC(=O)c2ccc(NCc3cnc4nc(N)[nH]c(=O)c4n3)cc2)C(=O)O)C(=O)/C=C/c2ccc(O)c(OC)c2)ccc1O. The molecule has 0 aliphatic rings. The third-order valence-electron chi connectivity index (χ3n) is 8.99. The fourth-order valence-electron chi connectivity index (χ4n) is 5.72. The number of benzene rings is 3. The highest BCUT2D eigenvalue weighted by molar-refractivity contribution is 6.13. The van der Waals surface area contributed by atoms with Crippen molar-refractivity contribution in [1.29, 1.82) is 0 Å². The van der Waals surface area contributed by atoms with Crippen molar-refractivity contribution >= 4 is 64.4 Å². The standard InChI is InChI=1S/C42H41N7O12/c1-59-34-19-23(5-14-32(34)52)3-12-30(50)28(31(51)13-4-24-6-15-33(53)35(20-24)60-2)17-18-61-36(54)16-11-29(41(57)58)47-39(55)25-7-9-26(10-8-25)44-21-27-22-45-38-37(46-27)40(56)49-42(43)48-38/h3-10,12-15,19-20,22,28-29,44,52-53H,11,16-18,21H2,1-2H3,(H,47,55)(H,57,58)(H3,43,45,48,49,56)/b12-3+,13-4+. The number of allylic oxidation sites excluding steroid dienone is 2. The highest BCUT2D eigenvalue weighted by Crippen LogP contribution is 2.28. The van der Waals surface area contributed by atoms with Gasteiger partial charge in [0.1, 0.15) is 6.04 Å². The molecule has 19 nitrogen and oxygen atoms in total. The number of amides is 1. The molecule has 0 fully saturated rings. The van der Waals surface area contributed by atoms with Gasteiger partial charge in [0.2, 0.25) is 5.95 Å². The molecule has 19 heteroatoms. The monoisotopic (exact) mass is 835 g/mol. The number of carbonyl (C=O) groups excluding carboxylic acids is 4. The number of H-pyrrole nitrogens is 1. The number of ketones is 2. The van der Waals surface area contributed by atoms with Crippen LogP contribution < -0.4 is 31.4 Å². The minimum atomic E-state index is -1.46. The number of nitrogens with two attached hydrogens (primary N) is 1. The smallest absolute Gasteiger partial charge is 0.326 e. The summed E-state index contributed by atoms with van der Waals surface area (Å²) in [4.78, 5) is 91.1. The number of methoxy groups -OCH3 is 2. The summed E-state index contributed by atoms with van der Waals surface area (Å²) < 4.78 is 15.5. The first-order chi connectivity index (χ1) is 29.2. The summed E-state index contributed by atoms with van der Waals surface area (Å²) in [7, 11) is 2.73. The van der Waals surface area contributed by atoms with Crippen LogP contribution in [0.2, 0.25) is 0 Å². The highest BCUT2D eigenvalue weighted by atomic mass is 16.5. The number of hydrogen-bond donors (Lipinski definition) is 7. The number of carbonyl (C=O) groups is 5. The number of rotatable bonds is 20. The van der Waals surface area contributed by atoms with Gasteiger partial charge in [-0.2, -0.15) is 4.98 Å². The molecule has 0 saturated heterocycles. The number of aromatic nitrogens is 4. The van der Waals surface area contributed by atoms with Gasteiger partial charge in [0, 0.05) is 17.7 Å². The van der Waals surface area contributed by atoms with Crippen LogP contribution in [0, 0.1) is 5.92 Å². The summed E-state index contributed by atoms with van der Waals surface area (Å²) in [5, 5.41) is 35.0. The molecule has 3 aromatic carbocycles. The fourth-order valence-corrected chi connectivity index (χ4v) is 5.72. The number of aromatic amines is 1. The van der Waals surface area contributed by atoms with E-state index in [9.17, 15) is 44.1 Å². The van der Waals surface area contributed by atoms with E-state index in [2.05, 4.69) is 30.6 Å². The third-order valence-corrected chi connectivity index (χ3v) is 8.99. The van der Waals surface area contributed by atoms with E-state index >= 15 is 0 Å². The minimum Gasteiger partial charge on any atom is -0.504 e. The molecule has 0 radical (unpaired) electrons. The van der Waals surface area contributed by atoms with Crippen molar-refractivity contribution in [2.45, 2.75) is 31.8 Å². The van der Waals surface area contributed by atoms with Crippen molar-refractivity contribution in [3.8, 4) is 23.0 Å². The number of esters is 1. The number of ether oxygens (including phenoxy) is 3. The van der Waals surface area contributed by atoms with Gasteiger partial charge in [0.05, 0.1) is 45.2 Å². The molecule has 2 heterocycles. The van der Waals surface area contributed by atoms with Gasteiger partial charge in [-0.3, -0.25) is 29.0 Å². The Hall–Kier alpha value is -8.09. The predicted molar refractivity (Wildman–Crippen MR) is 221 cm³/mol. The van der Waals surface area contributed by atoms with Crippen molar-refractivity contribution in [2.75, 3.05) is 31.9 Å². The lowest BCUT2D eigenvalue weighted by molar-refractivity contribution is -0.146. The number of nitrogens with zero attached hydrogens (tertiary/aromatic N) is 3. The molecular weight excluding hydrogens is 794 g/mol. The lowest BCUT2D eigenvalue weighted by Crippen LogP contribution is -2.41. The maximum Gasteiger partial charge on any atom is 0.326 e. The molecule has 0 spiro atoms. The first kappa shape index (κ1) is 44.0. The summed E-state index contributed by atoms with van der Waals surface area (Å²) in [5.74, 6) is -5.39. The second kappa shape index (κ2) is 20.6. The molecule has 1 amide bonds. The molecule has 61 heavy (non-hydrogen) atoms. The molecule has 5 aromatic rings. The average molecular weight is 836 g/mol. The Bertz CT molecular complexity index is 2480. The minimum absolute atomic E-state index is 0.0199. The lowest BCUT2D eigenvalue weighted by Gasteiger charge is -2.15. The fraction of sp³-hybridized carbons (Fsp3) is 0.214. The van der Waals surface area contributed by atoms with Crippen molar-refractivity contribution in [1.82, 2.24) is 25.3 Å². The van der Waals surface area contributed by atoms with Crippen LogP contribution >= 0.6 is 0 Å². The highest BCUT2D eigenvalue weighted by Gasteiger charge is 2.25. The Morgan fingerprint density at radius 2 is 1.46 bits per heavy atom. The molecule has 2 aromatic heterocycles. The van der Waals surface area contributed by atoms with Crippen molar-refractivity contribution in [3.05, 3.63) is 112 Å². The van der Waals surface area contributed by atoms with E-state index in [4.69, 9.17) is 19.9 Å². The van der Waals surface area contributed by atoms with Gasteiger partial charge in [-0.15, -0.1) is 0 Å². The van der Waals surface area contributed by atoms with Crippen molar-refractivity contribution in [3.63, 3.8) is 0 Å². The summed E-state index contributed by atoms with van der Waals surface area (Å²) in [6, 6.07) is 13.4. The summed E-state index contributed by atoms with van der Waals surface area (Å²) in [5.41, 5.74) is 7.26. The van der Waals surface area contributed by atoms with E-state index in [-0.39, 0.29) is 71.7 Å². The molecule has 5 rings (SSSR count). The number of aromatic hydroxyl groups is 2. The van der Waals surface area contributed by atoms with Crippen molar-refractivity contribution < 1.29 is 53.5 Å². The second-order valence-electron chi connectivity index (χ2n) is 13.2. The average Bonchev–Trinajstić information content (AvgIpc) is 3.25. The number of phenolic OH excluding ortho intramolecular Hbond substituents is 2. The van der Waals surface area contributed by atoms with E-state index < -0.39 is 53.4 Å². The first-order valence-electron chi connectivity index (χ1n) is 18.5. The molecular formula is C42H41N7O12. The molecule has 0 saturated carbocycles. The lowest BCUT2D eigenvalue weighted by atomic mass is 9.94. The van der Waals surface area contributed by atoms with Gasteiger partial charge in [-0.25, -0.2) is 14.8 Å².